The lowest BCUT2D eigenvalue weighted by Gasteiger charge is -2.17. The number of aryl methyl sites for hydroxylation is 1. The van der Waals surface area contributed by atoms with E-state index in [-0.39, 0.29) is 29.4 Å². The van der Waals surface area contributed by atoms with E-state index in [4.69, 9.17) is 16.3 Å². The van der Waals surface area contributed by atoms with Gasteiger partial charge in [0.05, 0.1) is 16.4 Å². The minimum atomic E-state index is -3.97. The lowest BCUT2D eigenvalue weighted by Crippen LogP contribution is -2.41. The molecule has 1 unspecified atom stereocenters. The van der Waals surface area contributed by atoms with E-state index < -0.39 is 32.1 Å². The third-order valence-corrected chi connectivity index (χ3v) is 7.75. The van der Waals surface area contributed by atoms with Crippen LogP contribution in [0.25, 0.3) is 0 Å². The molecule has 8 nitrogen and oxygen atoms in total. The second-order valence-corrected chi connectivity index (χ2v) is 11.0. The van der Waals surface area contributed by atoms with Crippen molar-refractivity contribution in [2.45, 2.75) is 48.9 Å². The molecule has 0 aliphatic rings. The molecule has 11 heteroatoms. The molecule has 0 heterocycles. The van der Waals surface area contributed by atoms with Crippen molar-refractivity contribution in [3.8, 4) is 0 Å². The Morgan fingerprint density at radius 2 is 1.50 bits per heavy atom. The van der Waals surface area contributed by atoms with Crippen LogP contribution in [0, 0.1) is 6.92 Å². The van der Waals surface area contributed by atoms with Gasteiger partial charge in [0.15, 0.2) is 0 Å². The van der Waals surface area contributed by atoms with Gasteiger partial charge >= 0.3 is 5.97 Å². The van der Waals surface area contributed by atoms with Gasteiger partial charge < -0.3 is 4.74 Å². The maximum absolute atomic E-state index is 12.6. The number of ether oxygens (including phenoxy) is 1. The standard InChI is InChI=1S/C21H27ClN2O6S2/c1-3-30-21(25)20(24-32(28,29)19-13-9-17(22)10-14-19)6-4-5-15-23-31(26,27)18-11-7-16(2)8-12-18/h7-14,20,23-24H,3-6,15H2,1-2H3. The van der Waals surface area contributed by atoms with Gasteiger partial charge in [0.25, 0.3) is 0 Å². The lowest BCUT2D eigenvalue weighted by molar-refractivity contribution is -0.145. The Kier molecular flexibility index (Phi) is 9.65. The van der Waals surface area contributed by atoms with E-state index in [0.29, 0.717) is 17.9 Å². The van der Waals surface area contributed by atoms with E-state index in [1.54, 1.807) is 19.1 Å². The van der Waals surface area contributed by atoms with Gasteiger partial charge in [-0.25, -0.2) is 21.6 Å². The second kappa shape index (κ2) is 11.8. The summed E-state index contributed by atoms with van der Waals surface area (Å²) in [5, 5.41) is 0.388. The number of carbonyl (C=O) groups excluding carboxylic acids is 1. The fraction of sp³-hybridized carbons (Fsp3) is 0.381. The van der Waals surface area contributed by atoms with E-state index >= 15 is 0 Å². The number of unbranched alkanes of at least 4 members (excludes halogenated alkanes) is 1. The summed E-state index contributed by atoms with van der Waals surface area (Å²) in [7, 11) is -7.60. The molecule has 2 rings (SSSR count). The summed E-state index contributed by atoms with van der Waals surface area (Å²) >= 11 is 5.80. The first kappa shape index (κ1) is 26.3. The van der Waals surface area contributed by atoms with Crippen LogP contribution in [-0.4, -0.2) is 42.0 Å². The maximum atomic E-state index is 12.6. The first-order chi connectivity index (χ1) is 15.0. The second-order valence-electron chi connectivity index (χ2n) is 7.09. The minimum Gasteiger partial charge on any atom is -0.465 e. The number of hydrogen-bond donors (Lipinski definition) is 2. The Morgan fingerprint density at radius 3 is 2.09 bits per heavy atom. The summed E-state index contributed by atoms with van der Waals surface area (Å²) < 4.78 is 59.7. The molecule has 2 aromatic rings. The van der Waals surface area contributed by atoms with Gasteiger partial charge in [0, 0.05) is 11.6 Å². The minimum absolute atomic E-state index is 0.0259. The van der Waals surface area contributed by atoms with Crippen molar-refractivity contribution in [2.75, 3.05) is 13.2 Å². The van der Waals surface area contributed by atoms with Crippen molar-refractivity contribution >= 4 is 37.6 Å². The van der Waals surface area contributed by atoms with Gasteiger partial charge in [-0.1, -0.05) is 29.3 Å². The first-order valence-corrected chi connectivity index (χ1v) is 13.4. The number of halogens is 1. The third kappa shape index (κ3) is 7.86. The van der Waals surface area contributed by atoms with Crippen molar-refractivity contribution in [1.82, 2.24) is 9.44 Å². The summed E-state index contributed by atoms with van der Waals surface area (Å²) in [4.78, 5) is 12.4. The normalized spacial score (nSPS) is 13.0. The Hall–Kier alpha value is -1.98. The molecular formula is C21H27ClN2O6S2. The Bertz CT molecular complexity index is 1100. The van der Waals surface area contributed by atoms with Gasteiger partial charge in [-0.05, 0) is 69.5 Å². The summed E-state index contributed by atoms with van der Waals surface area (Å²) in [5.41, 5.74) is 0.954. The largest absolute Gasteiger partial charge is 0.465 e. The number of hydrogen-bond acceptors (Lipinski definition) is 6. The summed E-state index contributed by atoms with van der Waals surface area (Å²) in [6, 6.07) is 10.9. The number of benzene rings is 2. The lowest BCUT2D eigenvalue weighted by atomic mass is 10.1. The van der Waals surface area contributed by atoms with Crippen molar-refractivity contribution in [2.24, 2.45) is 0 Å². The maximum Gasteiger partial charge on any atom is 0.324 e. The highest BCUT2D eigenvalue weighted by Crippen LogP contribution is 2.16. The zero-order valence-electron chi connectivity index (χ0n) is 17.9. The average Bonchev–Trinajstić information content (AvgIpc) is 2.73. The smallest absolute Gasteiger partial charge is 0.324 e. The van der Waals surface area contributed by atoms with E-state index in [1.165, 1.54) is 36.4 Å². The first-order valence-electron chi connectivity index (χ1n) is 10.1. The van der Waals surface area contributed by atoms with Crippen molar-refractivity contribution in [3.05, 3.63) is 59.1 Å². The molecule has 32 heavy (non-hydrogen) atoms. The third-order valence-electron chi connectivity index (χ3n) is 4.54. The fourth-order valence-electron chi connectivity index (χ4n) is 2.82. The van der Waals surface area contributed by atoms with Gasteiger partial charge in [-0.15, -0.1) is 0 Å². The van der Waals surface area contributed by atoms with E-state index in [2.05, 4.69) is 9.44 Å². The summed E-state index contributed by atoms with van der Waals surface area (Å²) in [6.07, 6.45) is 0.949. The molecule has 0 aliphatic heterocycles. The molecule has 0 aromatic heterocycles. The quantitative estimate of drug-likeness (QED) is 0.340. The van der Waals surface area contributed by atoms with Crippen LogP contribution in [0.1, 0.15) is 31.7 Å². The number of sulfonamides is 2. The van der Waals surface area contributed by atoms with Crippen LogP contribution in [-0.2, 0) is 29.6 Å². The van der Waals surface area contributed by atoms with E-state index in [1.807, 2.05) is 6.92 Å². The van der Waals surface area contributed by atoms with Crippen molar-refractivity contribution < 1.29 is 26.4 Å². The van der Waals surface area contributed by atoms with Crippen LogP contribution >= 0.6 is 11.6 Å². The predicted octanol–water partition coefficient (Wildman–Crippen LogP) is 3.01. The molecule has 0 aliphatic carbocycles. The molecule has 0 fully saturated rings. The zero-order chi connectivity index (χ0) is 23.8. The molecule has 0 spiro atoms. The van der Waals surface area contributed by atoms with E-state index in [9.17, 15) is 21.6 Å². The summed E-state index contributed by atoms with van der Waals surface area (Å²) in [6.45, 7) is 3.75. The highest BCUT2D eigenvalue weighted by atomic mass is 35.5. The topological polar surface area (TPSA) is 119 Å². The van der Waals surface area contributed by atoms with Gasteiger partial charge in [-0.2, -0.15) is 4.72 Å². The van der Waals surface area contributed by atoms with Gasteiger partial charge in [-0.3, -0.25) is 4.79 Å². The van der Waals surface area contributed by atoms with E-state index in [0.717, 1.165) is 5.56 Å². The predicted molar refractivity (Wildman–Crippen MR) is 122 cm³/mol. The molecule has 176 valence electrons. The summed E-state index contributed by atoms with van der Waals surface area (Å²) in [5.74, 6) is -0.690. The SMILES string of the molecule is CCOC(=O)C(CCCCNS(=O)(=O)c1ccc(C)cc1)NS(=O)(=O)c1ccc(Cl)cc1. The van der Waals surface area contributed by atoms with Crippen molar-refractivity contribution in [3.63, 3.8) is 0 Å². The number of carbonyl (C=O) groups is 1. The average molecular weight is 503 g/mol. The molecule has 0 saturated carbocycles. The van der Waals surface area contributed by atoms with Gasteiger partial charge in [0.1, 0.15) is 6.04 Å². The molecule has 0 saturated heterocycles. The van der Waals surface area contributed by atoms with Crippen LogP contribution in [0.2, 0.25) is 5.02 Å². The number of nitrogens with one attached hydrogen (secondary N) is 2. The molecule has 1 atom stereocenters. The molecular weight excluding hydrogens is 476 g/mol. The van der Waals surface area contributed by atoms with Crippen LogP contribution in [0.4, 0.5) is 0 Å². The highest BCUT2D eigenvalue weighted by Gasteiger charge is 2.26. The monoisotopic (exact) mass is 502 g/mol. The van der Waals surface area contributed by atoms with Crippen LogP contribution in [0.15, 0.2) is 58.3 Å². The van der Waals surface area contributed by atoms with Crippen LogP contribution < -0.4 is 9.44 Å². The van der Waals surface area contributed by atoms with Gasteiger partial charge in [0.2, 0.25) is 20.0 Å². The fourth-order valence-corrected chi connectivity index (χ4v) is 5.24. The molecule has 0 amide bonds. The highest BCUT2D eigenvalue weighted by molar-refractivity contribution is 7.89. The molecule has 2 N–H and O–H groups in total. The molecule has 2 aromatic carbocycles. The number of esters is 1. The Labute approximate surface area is 194 Å². The molecule has 0 radical (unpaired) electrons. The van der Waals surface area contributed by atoms with Crippen LogP contribution in [0.3, 0.4) is 0 Å². The molecule has 0 bridgehead atoms. The Balaban J connectivity index is 1.94. The van der Waals surface area contributed by atoms with Crippen molar-refractivity contribution in [1.29, 1.82) is 0 Å². The van der Waals surface area contributed by atoms with Crippen LogP contribution in [0.5, 0.6) is 0 Å². The Morgan fingerprint density at radius 1 is 0.938 bits per heavy atom. The number of rotatable bonds is 12. The zero-order valence-corrected chi connectivity index (χ0v) is 20.3.